The molecule has 24 heavy (non-hydrogen) atoms. The highest BCUT2D eigenvalue weighted by molar-refractivity contribution is 5.76. The SMILES string of the molecule is CC1(C)OCCC1NC(=O)NC1(c2ccc3c(c2)OCCO3)CC1. The molecule has 0 aromatic heterocycles. The standard InChI is InChI=1S/C18H24N2O4/c1-17(2)15(5-8-24-17)19-16(21)20-18(6-7-18)12-3-4-13-14(11-12)23-10-9-22-13/h3-4,11,15H,5-10H2,1-2H3,(H2,19,20,21). The van der Waals surface area contributed by atoms with Crippen LogP contribution in [0.2, 0.25) is 0 Å². The quantitative estimate of drug-likeness (QED) is 0.891. The number of hydrogen-bond acceptors (Lipinski definition) is 4. The first-order valence-corrected chi connectivity index (χ1v) is 8.61. The van der Waals surface area contributed by atoms with Gasteiger partial charge in [-0.15, -0.1) is 0 Å². The van der Waals surface area contributed by atoms with E-state index in [4.69, 9.17) is 14.2 Å². The predicted octanol–water partition coefficient (Wildman–Crippen LogP) is 2.31. The molecule has 1 aliphatic carbocycles. The number of urea groups is 1. The van der Waals surface area contributed by atoms with E-state index in [1.807, 2.05) is 32.0 Å². The van der Waals surface area contributed by atoms with Gasteiger partial charge in [0.1, 0.15) is 13.2 Å². The van der Waals surface area contributed by atoms with Crippen molar-refractivity contribution in [3.63, 3.8) is 0 Å². The Bertz CT molecular complexity index is 654. The van der Waals surface area contributed by atoms with E-state index in [-0.39, 0.29) is 23.2 Å². The Balaban J connectivity index is 1.45. The third kappa shape index (κ3) is 2.79. The summed E-state index contributed by atoms with van der Waals surface area (Å²) in [6.45, 7) is 5.86. The van der Waals surface area contributed by atoms with Gasteiger partial charge < -0.3 is 24.8 Å². The summed E-state index contributed by atoms with van der Waals surface area (Å²) in [4.78, 5) is 12.5. The Morgan fingerprint density at radius 3 is 2.54 bits per heavy atom. The molecule has 1 aromatic carbocycles. The number of hydrogen-bond donors (Lipinski definition) is 2. The zero-order chi connectivity index (χ0) is 16.8. The van der Waals surface area contributed by atoms with Gasteiger partial charge >= 0.3 is 6.03 Å². The van der Waals surface area contributed by atoms with Crippen LogP contribution in [-0.2, 0) is 10.3 Å². The lowest BCUT2D eigenvalue weighted by Gasteiger charge is -2.28. The normalized spacial score (nSPS) is 25.8. The van der Waals surface area contributed by atoms with Crippen LogP contribution in [0, 0.1) is 0 Å². The number of amides is 2. The predicted molar refractivity (Wildman–Crippen MR) is 88.4 cm³/mol. The number of fused-ring (bicyclic) bond motifs is 1. The average molecular weight is 332 g/mol. The summed E-state index contributed by atoms with van der Waals surface area (Å²) in [7, 11) is 0. The number of carbonyl (C=O) groups is 1. The fourth-order valence-corrected chi connectivity index (χ4v) is 3.50. The maximum absolute atomic E-state index is 12.5. The minimum absolute atomic E-state index is 0.0357. The monoisotopic (exact) mass is 332 g/mol. The minimum atomic E-state index is -0.314. The molecule has 6 heteroatoms. The van der Waals surface area contributed by atoms with Crippen LogP contribution in [0.25, 0.3) is 0 Å². The Morgan fingerprint density at radius 1 is 1.12 bits per heavy atom. The van der Waals surface area contributed by atoms with Gasteiger partial charge in [-0.2, -0.15) is 0 Å². The third-order valence-electron chi connectivity index (χ3n) is 5.22. The second kappa shape index (κ2) is 5.55. The lowest BCUT2D eigenvalue weighted by Crippen LogP contribution is -2.51. The van der Waals surface area contributed by atoms with E-state index >= 15 is 0 Å². The molecule has 2 aliphatic heterocycles. The number of ether oxygens (including phenoxy) is 3. The van der Waals surface area contributed by atoms with Crippen LogP contribution in [0.15, 0.2) is 18.2 Å². The van der Waals surface area contributed by atoms with Crippen molar-refractivity contribution >= 4 is 6.03 Å². The van der Waals surface area contributed by atoms with Crippen molar-refractivity contribution < 1.29 is 19.0 Å². The van der Waals surface area contributed by atoms with Crippen LogP contribution >= 0.6 is 0 Å². The molecule has 1 aromatic rings. The molecule has 2 amide bonds. The van der Waals surface area contributed by atoms with E-state index in [9.17, 15) is 4.79 Å². The molecule has 3 aliphatic rings. The second-order valence-corrected chi connectivity index (χ2v) is 7.33. The smallest absolute Gasteiger partial charge is 0.315 e. The van der Waals surface area contributed by atoms with Gasteiger partial charge in [-0.25, -0.2) is 4.79 Å². The van der Waals surface area contributed by atoms with E-state index in [0.29, 0.717) is 19.8 Å². The highest BCUT2D eigenvalue weighted by Crippen LogP contribution is 2.47. The fraction of sp³-hybridized carbons (Fsp3) is 0.611. The molecule has 4 rings (SSSR count). The second-order valence-electron chi connectivity index (χ2n) is 7.33. The zero-order valence-corrected chi connectivity index (χ0v) is 14.2. The number of benzene rings is 1. The maximum atomic E-state index is 12.5. The molecule has 0 radical (unpaired) electrons. The molecule has 0 bridgehead atoms. The van der Waals surface area contributed by atoms with E-state index in [2.05, 4.69) is 10.6 Å². The molecule has 2 N–H and O–H groups in total. The number of carbonyl (C=O) groups excluding carboxylic acids is 1. The summed E-state index contributed by atoms with van der Waals surface area (Å²) >= 11 is 0. The van der Waals surface area contributed by atoms with Crippen molar-refractivity contribution in [1.82, 2.24) is 10.6 Å². The van der Waals surface area contributed by atoms with Crippen LogP contribution in [0.4, 0.5) is 4.79 Å². The first kappa shape index (κ1) is 15.6. The van der Waals surface area contributed by atoms with Crippen molar-refractivity contribution in [2.24, 2.45) is 0 Å². The average Bonchev–Trinajstić information content (AvgIpc) is 3.26. The summed E-state index contributed by atoms with van der Waals surface area (Å²) < 4.78 is 16.9. The number of nitrogens with one attached hydrogen (secondary N) is 2. The van der Waals surface area contributed by atoms with Crippen molar-refractivity contribution in [1.29, 1.82) is 0 Å². The van der Waals surface area contributed by atoms with Crippen molar-refractivity contribution in [2.75, 3.05) is 19.8 Å². The van der Waals surface area contributed by atoms with Gasteiger partial charge in [-0.05, 0) is 50.8 Å². The lowest BCUT2D eigenvalue weighted by atomic mass is 9.99. The molecule has 2 fully saturated rings. The first-order valence-electron chi connectivity index (χ1n) is 8.61. The number of rotatable bonds is 3. The van der Waals surface area contributed by atoms with Crippen LogP contribution in [0.3, 0.4) is 0 Å². The zero-order valence-electron chi connectivity index (χ0n) is 14.2. The summed E-state index contributed by atoms with van der Waals surface area (Å²) in [5.41, 5.74) is 0.470. The van der Waals surface area contributed by atoms with E-state index in [1.54, 1.807) is 0 Å². The summed E-state index contributed by atoms with van der Waals surface area (Å²) in [6.07, 6.45) is 2.71. The Morgan fingerprint density at radius 2 is 1.88 bits per heavy atom. The summed E-state index contributed by atoms with van der Waals surface area (Å²) in [5, 5.41) is 6.22. The molecule has 1 saturated heterocycles. The highest BCUT2D eigenvalue weighted by atomic mass is 16.6. The van der Waals surface area contributed by atoms with Gasteiger partial charge in [-0.3, -0.25) is 0 Å². The summed E-state index contributed by atoms with van der Waals surface area (Å²) in [6, 6.07) is 5.84. The molecule has 0 spiro atoms. The van der Waals surface area contributed by atoms with Crippen LogP contribution in [0.1, 0.15) is 38.7 Å². The van der Waals surface area contributed by atoms with Crippen LogP contribution in [-0.4, -0.2) is 37.5 Å². The molecule has 1 atom stereocenters. The summed E-state index contributed by atoms with van der Waals surface area (Å²) in [5.74, 6) is 1.53. The molecule has 1 saturated carbocycles. The molecular weight excluding hydrogens is 308 g/mol. The van der Waals surface area contributed by atoms with Crippen molar-refractivity contribution in [3.05, 3.63) is 23.8 Å². The third-order valence-corrected chi connectivity index (χ3v) is 5.22. The van der Waals surface area contributed by atoms with E-state index < -0.39 is 0 Å². The topological polar surface area (TPSA) is 68.8 Å². The maximum Gasteiger partial charge on any atom is 0.315 e. The Hall–Kier alpha value is -1.95. The van der Waals surface area contributed by atoms with Gasteiger partial charge in [0.05, 0.1) is 17.2 Å². The van der Waals surface area contributed by atoms with Crippen LogP contribution in [0.5, 0.6) is 11.5 Å². The van der Waals surface area contributed by atoms with E-state index in [1.165, 1.54) is 0 Å². The van der Waals surface area contributed by atoms with Gasteiger partial charge in [-0.1, -0.05) is 6.07 Å². The van der Waals surface area contributed by atoms with Gasteiger partial charge in [0.2, 0.25) is 0 Å². The largest absolute Gasteiger partial charge is 0.486 e. The van der Waals surface area contributed by atoms with Crippen LogP contribution < -0.4 is 20.1 Å². The van der Waals surface area contributed by atoms with Gasteiger partial charge in [0.15, 0.2) is 11.5 Å². The fourth-order valence-electron chi connectivity index (χ4n) is 3.50. The molecule has 2 heterocycles. The highest BCUT2D eigenvalue weighted by Gasteiger charge is 2.47. The van der Waals surface area contributed by atoms with E-state index in [0.717, 1.165) is 36.3 Å². The Labute approximate surface area is 141 Å². The van der Waals surface area contributed by atoms with Gasteiger partial charge in [0.25, 0.3) is 0 Å². The van der Waals surface area contributed by atoms with Gasteiger partial charge in [0, 0.05) is 6.61 Å². The Kier molecular flexibility index (Phi) is 3.60. The molecule has 6 nitrogen and oxygen atoms in total. The van der Waals surface area contributed by atoms with Crippen molar-refractivity contribution in [2.45, 2.75) is 50.3 Å². The molecular formula is C18H24N2O4. The lowest BCUT2D eigenvalue weighted by molar-refractivity contribution is 0.0234. The first-order chi connectivity index (χ1) is 11.5. The minimum Gasteiger partial charge on any atom is -0.486 e. The molecule has 130 valence electrons. The molecule has 1 unspecified atom stereocenters. The van der Waals surface area contributed by atoms with Crippen molar-refractivity contribution in [3.8, 4) is 11.5 Å².